The predicted molar refractivity (Wildman–Crippen MR) is 90.6 cm³/mol. The fourth-order valence-electron chi connectivity index (χ4n) is 5.23. The van der Waals surface area contributed by atoms with Crippen LogP contribution >= 0.6 is 0 Å². The molecule has 1 N–H and O–H groups in total. The van der Waals surface area contributed by atoms with Gasteiger partial charge in [-0.05, 0) is 51.1 Å². The van der Waals surface area contributed by atoms with Gasteiger partial charge in [-0.3, -0.25) is 0 Å². The number of nitrogens with one attached hydrogen (secondary N) is 1. The van der Waals surface area contributed by atoms with Gasteiger partial charge in [0.15, 0.2) is 0 Å². The fourth-order valence-corrected chi connectivity index (χ4v) is 5.23. The molecule has 0 aromatic heterocycles. The van der Waals surface area contributed by atoms with Gasteiger partial charge in [0, 0.05) is 18.6 Å². The molecule has 2 saturated carbocycles. The van der Waals surface area contributed by atoms with Crippen molar-refractivity contribution in [2.75, 3.05) is 20.1 Å². The van der Waals surface area contributed by atoms with Crippen LogP contribution in [-0.4, -0.2) is 37.1 Å². The second-order valence-electron chi connectivity index (χ2n) is 7.99. The molecule has 2 nitrogen and oxygen atoms in total. The maximum atomic E-state index is 4.03. The van der Waals surface area contributed by atoms with Crippen molar-refractivity contribution in [3.05, 3.63) is 0 Å². The molecule has 0 radical (unpaired) electrons. The van der Waals surface area contributed by atoms with E-state index in [4.69, 9.17) is 0 Å². The average molecular weight is 293 g/mol. The van der Waals surface area contributed by atoms with Crippen molar-refractivity contribution in [2.45, 2.75) is 89.1 Å². The lowest BCUT2D eigenvalue weighted by atomic mass is 9.71. The molecule has 21 heavy (non-hydrogen) atoms. The van der Waals surface area contributed by atoms with E-state index in [-0.39, 0.29) is 0 Å². The zero-order chi connectivity index (χ0) is 14.5. The molecule has 0 spiro atoms. The minimum absolute atomic E-state index is 0.799. The summed E-state index contributed by atoms with van der Waals surface area (Å²) in [4.78, 5) is 2.59. The highest BCUT2D eigenvalue weighted by Crippen LogP contribution is 2.38. The summed E-state index contributed by atoms with van der Waals surface area (Å²) >= 11 is 0. The Morgan fingerprint density at radius 3 is 2.33 bits per heavy atom. The van der Waals surface area contributed by atoms with Gasteiger partial charge in [-0.1, -0.05) is 51.4 Å². The third-order valence-corrected chi connectivity index (χ3v) is 6.61. The number of likely N-dealkylation sites (tertiary alicyclic amines) is 1. The molecule has 1 heterocycles. The first-order chi connectivity index (χ1) is 10.3. The molecule has 2 heteroatoms. The third kappa shape index (κ3) is 4.22. The number of likely N-dealkylation sites (N-methyl/N-ethyl adjacent to an activating group) is 1. The van der Waals surface area contributed by atoms with Crippen molar-refractivity contribution in [3.63, 3.8) is 0 Å². The SMILES string of the molecule is CN1CCCCC1CNC1CCCCC1C1CCCCC1. The first-order valence-corrected chi connectivity index (χ1v) is 9.78. The monoisotopic (exact) mass is 292 g/mol. The minimum atomic E-state index is 0.799. The second-order valence-corrected chi connectivity index (χ2v) is 7.99. The fraction of sp³-hybridized carbons (Fsp3) is 1.00. The number of nitrogens with zero attached hydrogens (tertiary/aromatic N) is 1. The van der Waals surface area contributed by atoms with Gasteiger partial charge in [-0.15, -0.1) is 0 Å². The van der Waals surface area contributed by atoms with Crippen molar-refractivity contribution in [2.24, 2.45) is 11.8 Å². The topological polar surface area (TPSA) is 15.3 Å². The molecule has 0 aromatic rings. The van der Waals surface area contributed by atoms with E-state index in [1.807, 2.05) is 0 Å². The summed E-state index contributed by atoms with van der Waals surface area (Å²) in [7, 11) is 2.32. The largest absolute Gasteiger partial charge is 0.312 e. The van der Waals surface area contributed by atoms with Crippen LogP contribution in [0.4, 0.5) is 0 Å². The van der Waals surface area contributed by atoms with Gasteiger partial charge in [0.1, 0.15) is 0 Å². The van der Waals surface area contributed by atoms with Gasteiger partial charge in [0.25, 0.3) is 0 Å². The van der Waals surface area contributed by atoms with Gasteiger partial charge in [-0.25, -0.2) is 0 Å². The van der Waals surface area contributed by atoms with Crippen LogP contribution < -0.4 is 5.32 Å². The van der Waals surface area contributed by atoms with E-state index in [2.05, 4.69) is 17.3 Å². The van der Waals surface area contributed by atoms with Crippen LogP contribution in [0.25, 0.3) is 0 Å². The Labute approximate surface area is 132 Å². The molecule has 3 unspecified atom stereocenters. The highest BCUT2D eigenvalue weighted by atomic mass is 15.2. The molecule has 0 amide bonds. The Balaban J connectivity index is 1.51. The molecular formula is C19H36N2. The molecule has 3 aliphatic rings. The van der Waals surface area contributed by atoms with Crippen LogP contribution in [0.2, 0.25) is 0 Å². The molecule has 3 fully saturated rings. The minimum Gasteiger partial charge on any atom is -0.312 e. The van der Waals surface area contributed by atoms with Crippen molar-refractivity contribution in [1.82, 2.24) is 10.2 Å². The molecule has 3 atom stereocenters. The number of piperidine rings is 1. The molecule has 2 aliphatic carbocycles. The molecular weight excluding hydrogens is 256 g/mol. The van der Waals surface area contributed by atoms with E-state index in [1.54, 1.807) is 0 Å². The van der Waals surface area contributed by atoms with E-state index >= 15 is 0 Å². The van der Waals surface area contributed by atoms with E-state index in [0.717, 1.165) is 23.9 Å². The number of hydrogen-bond acceptors (Lipinski definition) is 2. The Kier molecular flexibility index (Phi) is 5.99. The van der Waals surface area contributed by atoms with Crippen LogP contribution in [0.15, 0.2) is 0 Å². The molecule has 0 bridgehead atoms. The predicted octanol–water partition coefficient (Wildman–Crippen LogP) is 4.20. The smallest absolute Gasteiger partial charge is 0.0217 e. The molecule has 1 saturated heterocycles. The first kappa shape index (κ1) is 15.8. The van der Waals surface area contributed by atoms with E-state index in [1.165, 1.54) is 90.1 Å². The summed E-state index contributed by atoms with van der Waals surface area (Å²) < 4.78 is 0. The maximum absolute atomic E-state index is 4.03. The van der Waals surface area contributed by atoms with Crippen molar-refractivity contribution >= 4 is 0 Å². The lowest BCUT2D eigenvalue weighted by Crippen LogP contribution is -2.49. The first-order valence-electron chi connectivity index (χ1n) is 9.78. The Hall–Kier alpha value is -0.0800. The average Bonchev–Trinajstić information content (AvgIpc) is 2.55. The highest BCUT2D eigenvalue weighted by Gasteiger charge is 2.32. The second kappa shape index (κ2) is 7.97. The van der Waals surface area contributed by atoms with Gasteiger partial charge >= 0.3 is 0 Å². The van der Waals surface area contributed by atoms with Crippen LogP contribution in [0.5, 0.6) is 0 Å². The van der Waals surface area contributed by atoms with Gasteiger partial charge in [0.2, 0.25) is 0 Å². The van der Waals surface area contributed by atoms with Crippen LogP contribution in [-0.2, 0) is 0 Å². The highest BCUT2D eigenvalue weighted by molar-refractivity contribution is 4.88. The summed E-state index contributed by atoms with van der Waals surface area (Å²) in [6.45, 7) is 2.55. The normalized spacial score (nSPS) is 36.7. The lowest BCUT2D eigenvalue weighted by molar-refractivity contribution is 0.129. The zero-order valence-electron chi connectivity index (χ0n) is 14.2. The molecule has 122 valence electrons. The lowest BCUT2D eigenvalue weighted by Gasteiger charge is -2.41. The van der Waals surface area contributed by atoms with Crippen LogP contribution in [0, 0.1) is 11.8 Å². The molecule has 1 aliphatic heterocycles. The number of hydrogen-bond donors (Lipinski definition) is 1. The maximum Gasteiger partial charge on any atom is 0.0217 e. The van der Waals surface area contributed by atoms with Crippen molar-refractivity contribution in [1.29, 1.82) is 0 Å². The third-order valence-electron chi connectivity index (χ3n) is 6.61. The number of rotatable bonds is 4. The zero-order valence-corrected chi connectivity index (χ0v) is 14.2. The van der Waals surface area contributed by atoms with E-state index < -0.39 is 0 Å². The van der Waals surface area contributed by atoms with Gasteiger partial charge in [0.05, 0.1) is 0 Å². The summed E-state index contributed by atoms with van der Waals surface area (Å²) in [5.41, 5.74) is 0. The summed E-state index contributed by atoms with van der Waals surface area (Å²) in [5, 5.41) is 4.03. The van der Waals surface area contributed by atoms with Crippen LogP contribution in [0.1, 0.15) is 77.0 Å². The Morgan fingerprint density at radius 2 is 1.52 bits per heavy atom. The quantitative estimate of drug-likeness (QED) is 0.835. The molecule has 3 rings (SSSR count). The van der Waals surface area contributed by atoms with Gasteiger partial charge < -0.3 is 10.2 Å². The summed E-state index contributed by atoms with van der Waals surface area (Å²) in [6.07, 6.45) is 17.7. The summed E-state index contributed by atoms with van der Waals surface area (Å²) in [6, 6.07) is 1.63. The van der Waals surface area contributed by atoms with Crippen molar-refractivity contribution in [3.8, 4) is 0 Å². The Morgan fingerprint density at radius 1 is 0.810 bits per heavy atom. The van der Waals surface area contributed by atoms with E-state index in [0.29, 0.717) is 0 Å². The Bertz CT molecular complexity index is 298. The van der Waals surface area contributed by atoms with Gasteiger partial charge in [-0.2, -0.15) is 0 Å². The van der Waals surface area contributed by atoms with Crippen LogP contribution in [0.3, 0.4) is 0 Å². The molecule has 0 aromatic carbocycles. The van der Waals surface area contributed by atoms with Crippen molar-refractivity contribution < 1.29 is 0 Å². The van der Waals surface area contributed by atoms with E-state index in [9.17, 15) is 0 Å². The summed E-state index contributed by atoms with van der Waals surface area (Å²) in [5.74, 6) is 2.04. The standard InChI is InChI=1S/C19H36N2/c1-21-14-8-7-11-17(21)15-20-19-13-6-5-12-18(19)16-9-3-2-4-10-16/h16-20H,2-15H2,1H3.